The van der Waals surface area contributed by atoms with Gasteiger partial charge in [0.2, 0.25) is 0 Å². The zero-order valence-corrected chi connectivity index (χ0v) is 9.35. The summed E-state index contributed by atoms with van der Waals surface area (Å²) in [7, 11) is 0. The van der Waals surface area contributed by atoms with Gasteiger partial charge in [0.1, 0.15) is 0 Å². The minimum absolute atomic E-state index is 0.463. The normalized spacial score (nSPS) is 13.2. The lowest BCUT2D eigenvalue weighted by Gasteiger charge is -2.27. The van der Waals surface area contributed by atoms with Crippen LogP contribution >= 0.6 is 0 Å². The van der Waals surface area contributed by atoms with E-state index >= 15 is 0 Å². The first kappa shape index (κ1) is 11.7. The second kappa shape index (κ2) is 5.40. The van der Waals surface area contributed by atoms with Gasteiger partial charge in [-0.3, -0.25) is 0 Å². The fourth-order valence-corrected chi connectivity index (χ4v) is 0.907. The largest absolute Gasteiger partial charge is 0.0885 e. The molecule has 0 aromatic rings. The summed E-state index contributed by atoms with van der Waals surface area (Å²) in [6.45, 7) is 11.5. The first-order valence-corrected chi connectivity index (χ1v) is 5.15. The smallest absolute Gasteiger partial charge is 0.0297 e. The molecule has 0 fully saturated rings. The number of rotatable bonds is 5. The van der Waals surface area contributed by atoms with Gasteiger partial charge in [0, 0.05) is 0 Å². The van der Waals surface area contributed by atoms with E-state index in [0.717, 1.165) is 5.92 Å². The van der Waals surface area contributed by atoms with Crippen molar-refractivity contribution in [1.29, 1.82) is 0 Å². The summed E-state index contributed by atoms with van der Waals surface area (Å²) in [6, 6.07) is 0. The van der Waals surface area contributed by atoms with Gasteiger partial charge in [-0.1, -0.05) is 53.2 Å². The average molecular weight is 168 g/mol. The summed E-state index contributed by atoms with van der Waals surface area (Å²) in [5.41, 5.74) is 0.463. The van der Waals surface area contributed by atoms with Gasteiger partial charge in [0.05, 0.1) is 0 Å². The fraction of sp³-hybridized carbons (Fsp3) is 0.833. The van der Waals surface area contributed by atoms with Gasteiger partial charge in [-0.2, -0.15) is 0 Å². The molecule has 0 radical (unpaired) electrons. The van der Waals surface area contributed by atoms with Crippen LogP contribution in [0.25, 0.3) is 0 Å². The molecule has 0 bridgehead atoms. The van der Waals surface area contributed by atoms with Gasteiger partial charge in [0.25, 0.3) is 0 Å². The third-order valence-corrected chi connectivity index (χ3v) is 2.83. The highest BCUT2D eigenvalue weighted by atomic mass is 14.2. The third-order valence-electron chi connectivity index (χ3n) is 2.83. The predicted octanol–water partition coefficient (Wildman–Crippen LogP) is 4.42. The molecule has 0 aromatic heterocycles. The third kappa shape index (κ3) is 4.58. The molecular weight excluding hydrogens is 144 g/mol. The predicted molar refractivity (Wildman–Crippen MR) is 57.3 cm³/mol. The van der Waals surface area contributed by atoms with Crippen molar-refractivity contribution in [1.82, 2.24) is 0 Å². The Kier molecular flexibility index (Phi) is 5.28. The summed E-state index contributed by atoms with van der Waals surface area (Å²) in [4.78, 5) is 0. The van der Waals surface area contributed by atoms with E-state index in [2.05, 4.69) is 46.8 Å². The standard InChI is InChI=1S/C12H24/c1-6-7-8-9-10-12(4,5)11(2)3/h8-9,11H,6-7,10H2,1-5H3. The number of hydrogen-bond donors (Lipinski definition) is 0. The van der Waals surface area contributed by atoms with Gasteiger partial charge >= 0.3 is 0 Å². The first-order chi connectivity index (χ1) is 5.50. The summed E-state index contributed by atoms with van der Waals surface area (Å²) in [5, 5.41) is 0. The molecule has 0 nitrogen and oxygen atoms in total. The Hall–Kier alpha value is -0.260. The van der Waals surface area contributed by atoms with Crippen molar-refractivity contribution in [2.45, 2.75) is 53.9 Å². The number of allylic oxidation sites excluding steroid dienone is 2. The minimum Gasteiger partial charge on any atom is -0.0885 e. The first-order valence-electron chi connectivity index (χ1n) is 5.15. The zero-order chi connectivity index (χ0) is 9.61. The highest BCUT2D eigenvalue weighted by molar-refractivity contribution is 4.88. The van der Waals surface area contributed by atoms with Crippen LogP contribution in [0.2, 0.25) is 0 Å². The van der Waals surface area contributed by atoms with Crippen molar-refractivity contribution in [2.24, 2.45) is 11.3 Å². The van der Waals surface area contributed by atoms with E-state index in [0.29, 0.717) is 5.41 Å². The molecule has 0 rings (SSSR count). The van der Waals surface area contributed by atoms with Crippen molar-refractivity contribution in [3.05, 3.63) is 12.2 Å². The Bertz CT molecular complexity index is 129. The maximum Gasteiger partial charge on any atom is -0.0297 e. The zero-order valence-electron chi connectivity index (χ0n) is 9.35. The maximum atomic E-state index is 2.34. The highest BCUT2D eigenvalue weighted by Crippen LogP contribution is 2.30. The molecular formula is C12H24. The molecule has 0 N–H and O–H groups in total. The molecule has 0 spiro atoms. The van der Waals surface area contributed by atoms with Crippen LogP contribution in [0.15, 0.2) is 12.2 Å². The molecule has 0 saturated heterocycles. The molecule has 0 aliphatic heterocycles. The Morgan fingerprint density at radius 3 is 2.17 bits per heavy atom. The Labute approximate surface area is 78.1 Å². The Morgan fingerprint density at radius 1 is 1.17 bits per heavy atom. The van der Waals surface area contributed by atoms with Crippen LogP contribution < -0.4 is 0 Å². The van der Waals surface area contributed by atoms with Crippen LogP contribution in [0.5, 0.6) is 0 Å². The second-order valence-electron chi connectivity index (χ2n) is 4.61. The second-order valence-corrected chi connectivity index (χ2v) is 4.61. The molecule has 0 atom stereocenters. The maximum absolute atomic E-state index is 2.34. The van der Waals surface area contributed by atoms with Crippen LogP contribution in [0.4, 0.5) is 0 Å². The lowest BCUT2D eigenvalue weighted by Crippen LogP contribution is -2.17. The van der Waals surface area contributed by atoms with Crippen LogP contribution in [0, 0.1) is 11.3 Å². The van der Waals surface area contributed by atoms with E-state index in [1.54, 1.807) is 0 Å². The van der Waals surface area contributed by atoms with E-state index in [-0.39, 0.29) is 0 Å². The molecule has 0 unspecified atom stereocenters. The van der Waals surface area contributed by atoms with E-state index in [4.69, 9.17) is 0 Å². The molecule has 0 heteroatoms. The van der Waals surface area contributed by atoms with Crippen LogP contribution in [-0.2, 0) is 0 Å². The molecule has 0 aliphatic rings. The van der Waals surface area contributed by atoms with E-state index < -0.39 is 0 Å². The fourth-order valence-electron chi connectivity index (χ4n) is 0.907. The van der Waals surface area contributed by atoms with Crippen molar-refractivity contribution in [3.63, 3.8) is 0 Å². The summed E-state index contributed by atoms with van der Waals surface area (Å²) >= 11 is 0. The SMILES string of the molecule is CCCC=CCC(C)(C)C(C)C. The quantitative estimate of drug-likeness (QED) is 0.533. The highest BCUT2D eigenvalue weighted by Gasteiger charge is 2.19. The van der Waals surface area contributed by atoms with Gasteiger partial charge in [-0.15, -0.1) is 0 Å². The van der Waals surface area contributed by atoms with Crippen molar-refractivity contribution < 1.29 is 0 Å². The molecule has 0 amide bonds. The van der Waals surface area contributed by atoms with Crippen LogP contribution in [0.1, 0.15) is 53.9 Å². The van der Waals surface area contributed by atoms with Crippen molar-refractivity contribution in [2.75, 3.05) is 0 Å². The summed E-state index contributed by atoms with van der Waals surface area (Å²) in [6.07, 6.45) is 8.35. The van der Waals surface area contributed by atoms with E-state index in [1.807, 2.05) is 0 Å². The lowest BCUT2D eigenvalue weighted by molar-refractivity contribution is 0.253. The molecule has 0 aliphatic carbocycles. The lowest BCUT2D eigenvalue weighted by atomic mass is 9.78. The van der Waals surface area contributed by atoms with Crippen LogP contribution in [0.3, 0.4) is 0 Å². The van der Waals surface area contributed by atoms with Gasteiger partial charge < -0.3 is 0 Å². The molecule has 0 saturated carbocycles. The van der Waals surface area contributed by atoms with Gasteiger partial charge in [-0.05, 0) is 24.2 Å². The van der Waals surface area contributed by atoms with E-state index in [1.165, 1.54) is 19.3 Å². The summed E-state index contributed by atoms with van der Waals surface area (Å²) in [5.74, 6) is 0.767. The van der Waals surface area contributed by atoms with Gasteiger partial charge in [0.15, 0.2) is 0 Å². The molecule has 12 heavy (non-hydrogen) atoms. The average Bonchev–Trinajstić information content (AvgIpc) is 1.98. The minimum atomic E-state index is 0.463. The van der Waals surface area contributed by atoms with Crippen molar-refractivity contribution >= 4 is 0 Å². The molecule has 0 aromatic carbocycles. The monoisotopic (exact) mass is 168 g/mol. The van der Waals surface area contributed by atoms with Gasteiger partial charge in [-0.25, -0.2) is 0 Å². The molecule has 0 heterocycles. The Morgan fingerprint density at radius 2 is 1.75 bits per heavy atom. The van der Waals surface area contributed by atoms with Crippen molar-refractivity contribution in [3.8, 4) is 0 Å². The molecule has 72 valence electrons. The number of hydrogen-bond acceptors (Lipinski definition) is 0. The van der Waals surface area contributed by atoms with E-state index in [9.17, 15) is 0 Å². The number of unbranched alkanes of at least 4 members (excludes halogenated alkanes) is 1. The Balaban J connectivity index is 3.75. The topological polar surface area (TPSA) is 0 Å². The van der Waals surface area contributed by atoms with Crippen LogP contribution in [-0.4, -0.2) is 0 Å². The summed E-state index contributed by atoms with van der Waals surface area (Å²) < 4.78 is 0.